The minimum absolute atomic E-state index is 0. The molecule has 198 valence electrons. The summed E-state index contributed by atoms with van der Waals surface area (Å²) in [5.74, 6) is -0.451. The van der Waals surface area contributed by atoms with Crippen LogP contribution in [0.4, 0.5) is 10.5 Å². The van der Waals surface area contributed by atoms with E-state index in [2.05, 4.69) is 17.2 Å². The van der Waals surface area contributed by atoms with Gasteiger partial charge in [0.15, 0.2) is 0 Å². The standard InChI is InChI=1S/C31H33N3O4.H2/c1-24(21-28(35)33-27-15-9-4-10-16-27)32-29(36)22-31(26-13-7-3-8-14-26)17-19-34(20-18-31)30(37)38-23-25-11-5-2-6-12-25;/h2-16H,1,17-23H2,(H,32,36)(H,33,35);1H. The molecule has 0 atom stereocenters. The molecule has 0 radical (unpaired) electrons. The number of para-hydroxylation sites is 1. The maximum atomic E-state index is 13.1. The molecule has 0 aromatic heterocycles. The Morgan fingerprint density at radius 3 is 2.05 bits per heavy atom. The molecule has 0 saturated carbocycles. The Bertz CT molecular complexity index is 1240. The van der Waals surface area contributed by atoms with Gasteiger partial charge in [0.25, 0.3) is 0 Å². The number of hydrogen-bond acceptors (Lipinski definition) is 4. The predicted molar refractivity (Wildman–Crippen MR) is 149 cm³/mol. The Hall–Kier alpha value is -4.39. The van der Waals surface area contributed by atoms with Gasteiger partial charge in [0, 0.05) is 37.7 Å². The van der Waals surface area contributed by atoms with Crippen LogP contribution in [0.5, 0.6) is 0 Å². The molecule has 7 nitrogen and oxygen atoms in total. The van der Waals surface area contributed by atoms with Crippen LogP contribution in [0.2, 0.25) is 0 Å². The first-order valence-corrected chi connectivity index (χ1v) is 12.8. The molecule has 2 N–H and O–H groups in total. The minimum Gasteiger partial charge on any atom is -0.445 e. The number of ether oxygens (including phenoxy) is 1. The van der Waals surface area contributed by atoms with E-state index in [9.17, 15) is 14.4 Å². The first-order valence-electron chi connectivity index (χ1n) is 12.8. The molecule has 1 heterocycles. The van der Waals surface area contributed by atoms with E-state index < -0.39 is 5.41 Å². The molecule has 3 amide bonds. The largest absolute Gasteiger partial charge is 0.445 e. The molecule has 3 aromatic carbocycles. The molecule has 1 aliphatic rings. The van der Waals surface area contributed by atoms with E-state index >= 15 is 0 Å². The maximum Gasteiger partial charge on any atom is 0.410 e. The molecule has 0 spiro atoms. The number of nitrogens with zero attached hydrogens (tertiary/aromatic N) is 1. The zero-order valence-corrected chi connectivity index (χ0v) is 21.4. The predicted octanol–water partition coefficient (Wildman–Crippen LogP) is 5.65. The van der Waals surface area contributed by atoms with Crippen molar-refractivity contribution in [2.75, 3.05) is 18.4 Å². The van der Waals surface area contributed by atoms with Gasteiger partial charge < -0.3 is 20.3 Å². The third-order valence-corrected chi connectivity index (χ3v) is 6.82. The van der Waals surface area contributed by atoms with Gasteiger partial charge in [0.2, 0.25) is 11.8 Å². The van der Waals surface area contributed by atoms with Gasteiger partial charge in [-0.05, 0) is 36.1 Å². The highest BCUT2D eigenvalue weighted by molar-refractivity contribution is 5.93. The van der Waals surface area contributed by atoms with Gasteiger partial charge in [-0.2, -0.15) is 0 Å². The van der Waals surface area contributed by atoms with E-state index in [0.717, 1.165) is 11.1 Å². The maximum absolute atomic E-state index is 13.1. The number of nitrogens with one attached hydrogen (secondary N) is 2. The smallest absolute Gasteiger partial charge is 0.410 e. The van der Waals surface area contributed by atoms with Gasteiger partial charge in [0.1, 0.15) is 6.61 Å². The Labute approximate surface area is 225 Å². The normalized spacial score (nSPS) is 14.3. The second-order valence-electron chi connectivity index (χ2n) is 9.59. The fourth-order valence-corrected chi connectivity index (χ4v) is 4.80. The molecule has 38 heavy (non-hydrogen) atoms. The number of rotatable bonds is 9. The van der Waals surface area contributed by atoms with E-state index in [1.54, 1.807) is 17.0 Å². The summed E-state index contributed by atoms with van der Waals surface area (Å²) in [5, 5.41) is 5.61. The number of benzene rings is 3. The monoisotopic (exact) mass is 513 g/mol. The van der Waals surface area contributed by atoms with Crippen LogP contribution in [0.1, 0.15) is 38.2 Å². The lowest BCUT2D eigenvalue weighted by Crippen LogP contribution is -2.47. The minimum atomic E-state index is -0.436. The fraction of sp³-hybridized carbons (Fsp3) is 0.258. The van der Waals surface area contributed by atoms with E-state index in [4.69, 9.17) is 4.74 Å². The van der Waals surface area contributed by atoms with E-state index in [-0.39, 0.29) is 38.8 Å². The van der Waals surface area contributed by atoms with Gasteiger partial charge in [-0.15, -0.1) is 0 Å². The Morgan fingerprint density at radius 1 is 0.842 bits per heavy atom. The van der Waals surface area contributed by atoms with E-state index in [1.807, 2.05) is 78.9 Å². The van der Waals surface area contributed by atoms with Crippen molar-refractivity contribution in [3.63, 3.8) is 0 Å². The second-order valence-corrected chi connectivity index (χ2v) is 9.59. The Balaban J connectivity index is 0.00000420. The summed E-state index contributed by atoms with van der Waals surface area (Å²) in [6, 6.07) is 28.6. The van der Waals surface area contributed by atoms with Crippen molar-refractivity contribution in [3.05, 3.63) is 114 Å². The lowest BCUT2D eigenvalue weighted by molar-refractivity contribution is -0.122. The van der Waals surface area contributed by atoms with E-state index in [0.29, 0.717) is 37.3 Å². The SMILES string of the molecule is C=C(CC(=O)Nc1ccccc1)NC(=O)CC1(c2ccccc2)CCN(C(=O)OCc2ccccc2)CC1.[HH]. The quantitative estimate of drug-likeness (QED) is 0.387. The number of carbonyl (C=O) groups is 3. The summed E-state index contributed by atoms with van der Waals surface area (Å²) in [7, 11) is 0. The average Bonchev–Trinajstić information content (AvgIpc) is 2.93. The van der Waals surface area contributed by atoms with Crippen molar-refractivity contribution < 1.29 is 20.5 Å². The number of piperidine rings is 1. The molecule has 3 aromatic rings. The van der Waals surface area contributed by atoms with Crippen LogP contribution < -0.4 is 10.6 Å². The van der Waals surface area contributed by atoms with E-state index in [1.165, 1.54) is 0 Å². The van der Waals surface area contributed by atoms with Crippen LogP contribution in [-0.2, 0) is 26.3 Å². The third-order valence-electron chi connectivity index (χ3n) is 6.82. The van der Waals surface area contributed by atoms with Crippen molar-refractivity contribution >= 4 is 23.6 Å². The first-order chi connectivity index (χ1) is 18.4. The molecule has 1 saturated heterocycles. The number of hydrogen-bond donors (Lipinski definition) is 2. The van der Waals surface area contributed by atoms with Gasteiger partial charge in [-0.3, -0.25) is 9.59 Å². The molecular weight excluding hydrogens is 478 g/mol. The number of amides is 3. The zero-order chi connectivity index (χ0) is 26.8. The summed E-state index contributed by atoms with van der Waals surface area (Å²) < 4.78 is 5.51. The highest BCUT2D eigenvalue weighted by atomic mass is 16.6. The van der Waals surface area contributed by atoms with Crippen molar-refractivity contribution in [1.82, 2.24) is 10.2 Å². The summed E-state index contributed by atoms with van der Waals surface area (Å²) in [6.07, 6.45) is 1.10. The summed E-state index contributed by atoms with van der Waals surface area (Å²) in [6.45, 7) is 5.07. The van der Waals surface area contributed by atoms with Crippen LogP contribution in [0.15, 0.2) is 103 Å². The zero-order valence-electron chi connectivity index (χ0n) is 21.4. The molecule has 0 aliphatic carbocycles. The molecular formula is C31H35N3O4. The van der Waals surface area contributed by atoms with Crippen molar-refractivity contribution in [3.8, 4) is 0 Å². The Morgan fingerprint density at radius 2 is 1.42 bits per heavy atom. The highest BCUT2D eigenvalue weighted by Gasteiger charge is 2.39. The molecule has 4 rings (SSSR count). The van der Waals surface area contributed by atoms with Crippen LogP contribution >= 0.6 is 0 Å². The summed E-state index contributed by atoms with van der Waals surface area (Å²) in [5.41, 5.74) is 2.58. The van der Waals surface area contributed by atoms with Crippen LogP contribution in [0, 0.1) is 0 Å². The number of anilines is 1. The highest BCUT2D eigenvalue weighted by Crippen LogP contribution is 2.39. The number of carbonyl (C=O) groups excluding carboxylic acids is 3. The van der Waals surface area contributed by atoms with Crippen LogP contribution in [0.3, 0.4) is 0 Å². The van der Waals surface area contributed by atoms with Crippen molar-refractivity contribution in [1.29, 1.82) is 0 Å². The van der Waals surface area contributed by atoms with Crippen molar-refractivity contribution in [2.45, 2.75) is 37.7 Å². The summed E-state index contributed by atoms with van der Waals surface area (Å²) >= 11 is 0. The molecule has 1 fully saturated rings. The van der Waals surface area contributed by atoms with Gasteiger partial charge >= 0.3 is 6.09 Å². The fourth-order valence-electron chi connectivity index (χ4n) is 4.80. The second kappa shape index (κ2) is 12.7. The summed E-state index contributed by atoms with van der Waals surface area (Å²) in [4.78, 5) is 39.9. The van der Waals surface area contributed by atoms with Crippen LogP contribution in [0.25, 0.3) is 0 Å². The van der Waals surface area contributed by atoms with Gasteiger partial charge in [-0.1, -0.05) is 85.4 Å². The lowest BCUT2D eigenvalue weighted by Gasteiger charge is -2.41. The van der Waals surface area contributed by atoms with Crippen LogP contribution in [-0.4, -0.2) is 35.9 Å². The van der Waals surface area contributed by atoms with Gasteiger partial charge in [0.05, 0.1) is 6.42 Å². The third kappa shape index (κ3) is 7.32. The molecule has 0 bridgehead atoms. The Kier molecular flexibility index (Phi) is 8.93. The molecule has 7 heteroatoms. The number of likely N-dealkylation sites (tertiary alicyclic amines) is 1. The van der Waals surface area contributed by atoms with Crippen molar-refractivity contribution in [2.24, 2.45) is 0 Å². The lowest BCUT2D eigenvalue weighted by atomic mass is 9.70. The molecule has 1 aliphatic heterocycles. The first kappa shape index (κ1) is 26.7. The average molecular weight is 514 g/mol. The molecule has 0 unspecified atom stereocenters. The van der Waals surface area contributed by atoms with Gasteiger partial charge in [-0.25, -0.2) is 4.79 Å². The topological polar surface area (TPSA) is 87.7 Å².